The number of rotatable bonds is 8. The average molecular weight is 450 g/mol. The van der Waals surface area contributed by atoms with Crippen molar-refractivity contribution in [1.82, 2.24) is 5.32 Å². The van der Waals surface area contributed by atoms with Gasteiger partial charge in [-0.1, -0.05) is 46.3 Å². The Hall–Kier alpha value is -1.79. The van der Waals surface area contributed by atoms with Gasteiger partial charge in [-0.05, 0) is 59.7 Å². The highest BCUT2D eigenvalue weighted by atomic mass is 79.9. The summed E-state index contributed by atoms with van der Waals surface area (Å²) < 4.78 is 4.85. The van der Waals surface area contributed by atoms with Gasteiger partial charge in [-0.25, -0.2) is 4.79 Å². The van der Waals surface area contributed by atoms with Gasteiger partial charge in [0, 0.05) is 10.9 Å². The van der Waals surface area contributed by atoms with Gasteiger partial charge in [0.05, 0.1) is 7.11 Å². The van der Waals surface area contributed by atoms with Crippen LogP contribution in [0.25, 0.3) is 11.1 Å². The number of carbonyl (C=O) groups is 2. The smallest absolute Gasteiger partial charge is 0.328 e. The number of ether oxygens (including phenoxy) is 1. The lowest BCUT2D eigenvalue weighted by molar-refractivity contribution is -0.142. The summed E-state index contributed by atoms with van der Waals surface area (Å²) in [5.41, 5.74) is 4.58. The van der Waals surface area contributed by atoms with E-state index in [1.54, 1.807) is 11.8 Å². The number of methoxy groups -OCH3 is 1. The van der Waals surface area contributed by atoms with Gasteiger partial charge in [-0.15, -0.1) is 0 Å². The molecule has 144 valence electrons. The first-order valence-electron chi connectivity index (χ1n) is 8.64. The summed E-state index contributed by atoms with van der Waals surface area (Å²) in [6, 6.07) is 13.1. The van der Waals surface area contributed by atoms with Crippen LogP contribution in [-0.4, -0.2) is 37.0 Å². The van der Waals surface area contributed by atoms with Crippen molar-refractivity contribution in [2.75, 3.05) is 19.1 Å². The molecule has 27 heavy (non-hydrogen) atoms. The normalized spacial score (nSPS) is 11.7. The Labute approximate surface area is 173 Å². The van der Waals surface area contributed by atoms with Crippen LogP contribution in [0.1, 0.15) is 27.9 Å². The van der Waals surface area contributed by atoms with E-state index in [4.69, 9.17) is 4.74 Å². The van der Waals surface area contributed by atoms with Crippen LogP contribution in [0, 0.1) is 6.92 Å². The third-order valence-electron chi connectivity index (χ3n) is 4.32. The third-order valence-corrected chi connectivity index (χ3v) is 5.61. The first kappa shape index (κ1) is 21.5. The summed E-state index contributed by atoms with van der Waals surface area (Å²) in [6.07, 6.45) is 2.49. The SMILES string of the molecule is COC(=O)C(CCSC)NC(=O)c1ccc(CBr)cc1-c1ccccc1C. The molecule has 0 aliphatic rings. The lowest BCUT2D eigenvalue weighted by Crippen LogP contribution is -2.42. The molecule has 1 atom stereocenters. The zero-order valence-electron chi connectivity index (χ0n) is 15.8. The minimum Gasteiger partial charge on any atom is -0.467 e. The minimum absolute atomic E-state index is 0.272. The van der Waals surface area contributed by atoms with Gasteiger partial charge < -0.3 is 10.1 Å². The Morgan fingerprint density at radius 2 is 1.93 bits per heavy atom. The van der Waals surface area contributed by atoms with E-state index in [2.05, 4.69) is 21.2 Å². The fourth-order valence-corrected chi connectivity index (χ4v) is 3.65. The zero-order chi connectivity index (χ0) is 19.8. The molecular formula is C21H24BrNO3S. The quantitative estimate of drug-likeness (QED) is 0.473. The van der Waals surface area contributed by atoms with Gasteiger partial charge >= 0.3 is 5.97 Å². The second-order valence-electron chi connectivity index (χ2n) is 6.16. The van der Waals surface area contributed by atoms with Crippen LogP contribution in [0.2, 0.25) is 0 Å². The number of alkyl halides is 1. The highest BCUT2D eigenvalue weighted by Gasteiger charge is 2.23. The van der Waals surface area contributed by atoms with Crippen molar-refractivity contribution in [3.63, 3.8) is 0 Å². The van der Waals surface area contributed by atoms with E-state index in [0.29, 0.717) is 17.3 Å². The van der Waals surface area contributed by atoms with Crippen LogP contribution in [0.4, 0.5) is 0 Å². The molecule has 0 saturated heterocycles. The van der Waals surface area contributed by atoms with Crippen LogP contribution in [-0.2, 0) is 14.9 Å². The minimum atomic E-state index is -0.657. The predicted octanol–water partition coefficient (Wildman–Crippen LogP) is 4.58. The molecule has 2 aromatic carbocycles. The largest absolute Gasteiger partial charge is 0.467 e. The van der Waals surface area contributed by atoms with Crippen molar-refractivity contribution in [2.24, 2.45) is 0 Å². The maximum atomic E-state index is 13.0. The molecule has 4 nitrogen and oxygen atoms in total. The molecular weight excluding hydrogens is 426 g/mol. The van der Waals surface area contributed by atoms with E-state index in [1.165, 1.54) is 7.11 Å². The van der Waals surface area contributed by atoms with Crippen LogP contribution >= 0.6 is 27.7 Å². The Morgan fingerprint density at radius 3 is 2.56 bits per heavy atom. The van der Waals surface area contributed by atoms with Crippen molar-refractivity contribution >= 4 is 39.6 Å². The Morgan fingerprint density at radius 1 is 1.19 bits per heavy atom. The predicted molar refractivity (Wildman–Crippen MR) is 116 cm³/mol. The summed E-state index contributed by atoms with van der Waals surface area (Å²) in [6.45, 7) is 2.02. The molecule has 1 unspecified atom stereocenters. The Kier molecular flexibility index (Phi) is 8.38. The van der Waals surface area contributed by atoms with Crippen molar-refractivity contribution in [2.45, 2.75) is 24.7 Å². The van der Waals surface area contributed by atoms with Gasteiger partial charge in [0.2, 0.25) is 0 Å². The van der Waals surface area contributed by atoms with E-state index < -0.39 is 12.0 Å². The molecule has 2 rings (SSSR count). The van der Waals surface area contributed by atoms with E-state index in [0.717, 1.165) is 28.0 Å². The molecule has 0 saturated carbocycles. The topological polar surface area (TPSA) is 55.4 Å². The molecule has 0 bridgehead atoms. The van der Waals surface area contributed by atoms with Gasteiger partial charge in [0.1, 0.15) is 6.04 Å². The third kappa shape index (κ3) is 5.59. The van der Waals surface area contributed by atoms with Gasteiger partial charge in [0.25, 0.3) is 5.91 Å². The first-order chi connectivity index (χ1) is 13.0. The van der Waals surface area contributed by atoms with Crippen LogP contribution in [0.5, 0.6) is 0 Å². The van der Waals surface area contributed by atoms with Crippen molar-refractivity contribution in [3.8, 4) is 11.1 Å². The van der Waals surface area contributed by atoms with Crippen molar-refractivity contribution in [3.05, 3.63) is 59.2 Å². The number of esters is 1. The molecule has 0 spiro atoms. The number of hydrogen-bond donors (Lipinski definition) is 1. The van der Waals surface area contributed by atoms with Gasteiger partial charge in [0.15, 0.2) is 0 Å². The molecule has 2 aromatic rings. The zero-order valence-corrected chi connectivity index (χ0v) is 18.2. The van der Waals surface area contributed by atoms with Crippen LogP contribution in [0.15, 0.2) is 42.5 Å². The Balaban J connectivity index is 2.40. The molecule has 0 aromatic heterocycles. The number of hydrogen-bond acceptors (Lipinski definition) is 4. The lowest BCUT2D eigenvalue weighted by atomic mass is 9.94. The summed E-state index contributed by atoms with van der Waals surface area (Å²) in [7, 11) is 1.34. The molecule has 1 amide bonds. The molecule has 0 aliphatic carbocycles. The molecule has 1 N–H and O–H groups in total. The lowest BCUT2D eigenvalue weighted by Gasteiger charge is -2.18. The standard InChI is InChI=1S/C21H24BrNO3S/c1-14-6-4-5-7-16(14)18-12-15(13-22)8-9-17(18)20(24)23-19(10-11-27-3)21(25)26-2/h4-9,12,19H,10-11,13H2,1-3H3,(H,23,24). The van der Waals surface area contributed by atoms with Gasteiger partial charge in [-0.3, -0.25) is 4.79 Å². The highest BCUT2D eigenvalue weighted by Crippen LogP contribution is 2.29. The average Bonchev–Trinajstić information content (AvgIpc) is 2.70. The van der Waals surface area contributed by atoms with E-state index in [9.17, 15) is 9.59 Å². The maximum absolute atomic E-state index is 13.0. The number of amides is 1. The number of nitrogens with one attached hydrogen (secondary N) is 1. The fraction of sp³-hybridized carbons (Fsp3) is 0.333. The van der Waals surface area contributed by atoms with Crippen molar-refractivity contribution < 1.29 is 14.3 Å². The second-order valence-corrected chi connectivity index (χ2v) is 7.71. The number of benzene rings is 2. The Bertz CT molecular complexity index is 810. The molecule has 0 radical (unpaired) electrons. The summed E-state index contributed by atoms with van der Waals surface area (Å²) in [4.78, 5) is 25.0. The van der Waals surface area contributed by atoms with E-state index >= 15 is 0 Å². The van der Waals surface area contributed by atoms with Gasteiger partial charge in [-0.2, -0.15) is 11.8 Å². The van der Waals surface area contributed by atoms with E-state index in [1.807, 2.05) is 55.6 Å². The second kappa shape index (κ2) is 10.5. The number of carbonyl (C=O) groups excluding carboxylic acids is 2. The molecule has 0 fully saturated rings. The number of thioether (sulfide) groups is 1. The number of halogens is 1. The fourth-order valence-electron chi connectivity index (χ4n) is 2.83. The monoisotopic (exact) mass is 449 g/mol. The number of aryl methyl sites for hydroxylation is 1. The molecule has 6 heteroatoms. The summed E-state index contributed by atoms with van der Waals surface area (Å²) >= 11 is 5.10. The van der Waals surface area contributed by atoms with Crippen molar-refractivity contribution in [1.29, 1.82) is 0 Å². The van der Waals surface area contributed by atoms with Crippen LogP contribution < -0.4 is 5.32 Å². The molecule has 0 heterocycles. The first-order valence-corrected chi connectivity index (χ1v) is 11.2. The maximum Gasteiger partial charge on any atom is 0.328 e. The summed E-state index contributed by atoms with van der Waals surface area (Å²) in [5.74, 6) is 0.0607. The van der Waals surface area contributed by atoms with Crippen LogP contribution in [0.3, 0.4) is 0 Å². The highest BCUT2D eigenvalue weighted by molar-refractivity contribution is 9.08. The van der Waals surface area contributed by atoms with E-state index in [-0.39, 0.29) is 5.91 Å². The molecule has 0 aliphatic heterocycles. The summed E-state index contributed by atoms with van der Waals surface area (Å²) in [5, 5.41) is 3.55.